The number of carbonyl (C=O) groups is 2. The van der Waals surface area contributed by atoms with Crippen molar-refractivity contribution in [3.8, 4) is 11.5 Å². The molecule has 152 valence electrons. The van der Waals surface area contributed by atoms with Gasteiger partial charge in [0.05, 0.1) is 0 Å². The van der Waals surface area contributed by atoms with Crippen LogP contribution in [0.15, 0.2) is 84.9 Å². The molecular weight excluding hydrogens is 378 g/mol. The summed E-state index contributed by atoms with van der Waals surface area (Å²) >= 11 is 0. The Morgan fingerprint density at radius 1 is 0.867 bits per heavy atom. The Morgan fingerprint density at radius 2 is 1.63 bits per heavy atom. The van der Waals surface area contributed by atoms with Crippen LogP contribution in [-0.2, 0) is 11.4 Å². The van der Waals surface area contributed by atoms with Crippen LogP contribution < -0.4 is 14.8 Å². The van der Waals surface area contributed by atoms with E-state index >= 15 is 0 Å². The highest BCUT2D eigenvalue weighted by Crippen LogP contribution is 2.17. The molecule has 0 spiro atoms. The number of benzene rings is 3. The van der Waals surface area contributed by atoms with E-state index in [0.717, 1.165) is 16.9 Å². The lowest BCUT2D eigenvalue weighted by molar-refractivity contribution is -0.122. The van der Waals surface area contributed by atoms with Crippen molar-refractivity contribution in [2.24, 2.45) is 0 Å². The predicted octanol–water partition coefficient (Wildman–Crippen LogP) is 4.29. The molecule has 0 aromatic heterocycles. The van der Waals surface area contributed by atoms with Gasteiger partial charge in [-0.25, -0.2) is 0 Å². The molecule has 0 saturated carbocycles. The lowest BCUT2D eigenvalue weighted by atomic mass is 10.1. The Labute approximate surface area is 176 Å². The lowest BCUT2D eigenvalue weighted by Crippen LogP contribution is -2.24. The summed E-state index contributed by atoms with van der Waals surface area (Å²) in [7, 11) is 1.55. The molecule has 0 bridgehead atoms. The van der Waals surface area contributed by atoms with E-state index < -0.39 is 0 Å². The Morgan fingerprint density at radius 3 is 2.37 bits per heavy atom. The van der Waals surface area contributed by atoms with Crippen molar-refractivity contribution in [1.29, 1.82) is 0 Å². The monoisotopic (exact) mass is 401 g/mol. The van der Waals surface area contributed by atoms with E-state index in [-0.39, 0.29) is 18.3 Å². The lowest BCUT2D eigenvalue weighted by Gasteiger charge is -2.07. The van der Waals surface area contributed by atoms with Gasteiger partial charge in [0.25, 0.3) is 5.91 Å². The molecule has 3 aromatic rings. The van der Waals surface area contributed by atoms with Crippen LogP contribution in [0.4, 0.5) is 0 Å². The fraction of sp³-hybridized carbons (Fsp3) is 0.120. The molecule has 1 amide bonds. The standard InChI is InChI=1S/C25H23NO4/c1-26-25(28)18-30-22-13-11-21(12-14-22)24(27)15-10-19-8-5-9-23(16-19)29-17-20-6-3-2-4-7-20/h2-16H,17-18H2,1H3,(H,26,28)/b15-10+. The predicted molar refractivity (Wildman–Crippen MR) is 117 cm³/mol. The van der Waals surface area contributed by atoms with Crippen LogP contribution in [0.5, 0.6) is 11.5 Å². The van der Waals surface area contributed by atoms with Crippen molar-refractivity contribution in [1.82, 2.24) is 5.32 Å². The van der Waals surface area contributed by atoms with Crippen LogP contribution in [0.1, 0.15) is 21.5 Å². The highest BCUT2D eigenvalue weighted by atomic mass is 16.5. The largest absolute Gasteiger partial charge is 0.489 e. The molecule has 0 aliphatic carbocycles. The van der Waals surface area contributed by atoms with E-state index in [1.54, 1.807) is 37.4 Å². The third-order valence-electron chi connectivity index (χ3n) is 4.32. The van der Waals surface area contributed by atoms with E-state index in [1.165, 1.54) is 6.08 Å². The van der Waals surface area contributed by atoms with Crippen molar-refractivity contribution in [3.05, 3.63) is 102 Å². The topological polar surface area (TPSA) is 64.6 Å². The van der Waals surface area contributed by atoms with E-state index in [2.05, 4.69) is 5.32 Å². The zero-order valence-electron chi connectivity index (χ0n) is 16.7. The molecule has 0 aliphatic heterocycles. The molecule has 0 fully saturated rings. The Balaban J connectivity index is 1.57. The van der Waals surface area contributed by atoms with Crippen LogP contribution in [0.25, 0.3) is 6.08 Å². The number of hydrogen-bond donors (Lipinski definition) is 1. The number of hydrogen-bond acceptors (Lipinski definition) is 4. The SMILES string of the molecule is CNC(=O)COc1ccc(C(=O)/C=C/c2cccc(OCc3ccccc3)c2)cc1. The van der Waals surface area contributed by atoms with Crippen molar-refractivity contribution in [2.75, 3.05) is 13.7 Å². The summed E-state index contributed by atoms with van der Waals surface area (Å²) < 4.78 is 11.2. The molecular formula is C25H23NO4. The van der Waals surface area contributed by atoms with Gasteiger partial charge >= 0.3 is 0 Å². The maximum atomic E-state index is 12.4. The highest BCUT2D eigenvalue weighted by Gasteiger charge is 2.04. The first-order valence-electron chi connectivity index (χ1n) is 9.57. The van der Waals surface area contributed by atoms with Crippen LogP contribution in [-0.4, -0.2) is 25.3 Å². The molecule has 1 N–H and O–H groups in total. The Bertz CT molecular complexity index is 1010. The van der Waals surface area contributed by atoms with Gasteiger partial charge in [0.15, 0.2) is 12.4 Å². The highest BCUT2D eigenvalue weighted by molar-refractivity contribution is 6.06. The molecule has 0 radical (unpaired) electrons. The quantitative estimate of drug-likeness (QED) is 0.429. The van der Waals surface area contributed by atoms with Crippen LogP contribution in [0, 0.1) is 0 Å². The zero-order valence-corrected chi connectivity index (χ0v) is 16.7. The Hall–Kier alpha value is -3.86. The maximum Gasteiger partial charge on any atom is 0.257 e. The average molecular weight is 401 g/mol. The molecule has 3 rings (SSSR count). The van der Waals surface area contributed by atoms with Crippen LogP contribution in [0.2, 0.25) is 0 Å². The van der Waals surface area contributed by atoms with E-state index in [4.69, 9.17) is 9.47 Å². The van der Waals surface area contributed by atoms with Gasteiger partial charge in [-0.15, -0.1) is 0 Å². The normalized spacial score (nSPS) is 10.6. The second kappa shape index (κ2) is 10.6. The summed E-state index contributed by atoms with van der Waals surface area (Å²) in [5.74, 6) is 0.935. The van der Waals surface area contributed by atoms with Crippen molar-refractivity contribution in [3.63, 3.8) is 0 Å². The minimum Gasteiger partial charge on any atom is -0.489 e. The summed E-state index contributed by atoms with van der Waals surface area (Å²) in [4.78, 5) is 23.6. The van der Waals surface area contributed by atoms with Crippen LogP contribution in [0.3, 0.4) is 0 Å². The summed E-state index contributed by atoms with van der Waals surface area (Å²) in [6.45, 7) is 0.424. The number of rotatable bonds is 9. The number of allylic oxidation sites excluding steroid dienone is 1. The summed E-state index contributed by atoms with van der Waals surface area (Å²) in [5.41, 5.74) is 2.51. The van der Waals surface area contributed by atoms with E-state index in [1.807, 2.05) is 54.6 Å². The van der Waals surface area contributed by atoms with Crippen molar-refractivity contribution >= 4 is 17.8 Å². The third-order valence-corrected chi connectivity index (χ3v) is 4.32. The molecule has 3 aromatic carbocycles. The number of likely N-dealkylation sites (N-methyl/N-ethyl adjacent to an activating group) is 1. The number of amides is 1. The number of nitrogens with one attached hydrogen (secondary N) is 1. The molecule has 30 heavy (non-hydrogen) atoms. The summed E-state index contributed by atoms with van der Waals surface area (Å²) in [6, 6.07) is 24.2. The van der Waals surface area contributed by atoms with Gasteiger partial charge < -0.3 is 14.8 Å². The smallest absolute Gasteiger partial charge is 0.257 e. The minimum atomic E-state index is -0.215. The van der Waals surface area contributed by atoms with Gasteiger partial charge in [-0.1, -0.05) is 48.5 Å². The van der Waals surface area contributed by atoms with Gasteiger partial charge in [0, 0.05) is 12.6 Å². The molecule has 5 nitrogen and oxygen atoms in total. The zero-order chi connectivity index (χ0) is 21.2. The van der Waals surface area contributed by atoms with Gasteiger partial charge in [-0.05, 0) is 53.6 Å². The van der Waals surface area contributed by atoms with Gasteiger partial charge in [0.1, 0.15) is 18.1 Å². The Kier molecular flexibility index (Phi) is 7.39. The first-order valence-corrected chi connectivity index (χ1v) is 9.57. The molecule has 0 heterocycles. The minimum absolute atomic E-state index is 0.0631. The molecule has 5 heteroatoms. The second-order valence-electron chi connectivity index (χ2n) is 6.53. The van der Waals surface area contributed by atoms with Gasteiger partial charge in [-0.3, -0.25) is 9.59 Å². The number of carbonyl (C=O) groups excluding carboxylic acids is 2. The number of ether oxygens (including phenoxy) is 2. The maximum absolute atomic E-state index is 12.4. The van der Waals surface area contributed by atoms with E-state index in [9.17, 15) is 9.59 Å². The first-order chi connectivity index (χ1) is 14.6. The third kappa shape index (κ3) is 6.34. The molecule has 0 unspecified atom stereocenters. The molecule has 0 atom stereocenters. The van der Waals surface area contributed by atoms with Crippen molar-refractivity contribution < 1.29 is 19.1 Å². The van der Waals surface area contributed by atoms with Crippen LogP contribution >= 0.6 is 0 Å². The van der Waals surface area contributed by atoms with Gasteiger partial charge in [-0.2, -0.15) is 0 Å². The van der Waals surface area contributed by atoms with Gasteiger partial charge in [0.2, 0.25) is 0 Å². The first kappa shape index (κ1) is 20.9. The average Bonchev–Trinajstić information content (AvgIpc) is 2.81. The summed E-state index contributed by atoms with van der Waals surface area (Å²) in [5, 5.41) is 2.48. The van der Waals surface area contributed by atoms with Crippen molar-refractivity contribution in [2.45, 2.75) is 6.61 Å². The second-order valence-corrected chi connectivity index (χ2v) is 6.53. The molecule has 0 saturated heterocycles. The number of ketones is 1. The summed E-state index contributed by atoms with van der Waals surface area (Å²) in [6.07, 6.45) is 3.28. The fourth-order valence-electron chi connectivity index (χ4n) is 2.65. The fourth-order valence-corrected chi connectivity index (χ4v) is 2.65. The van der Waals surface area contributed by atoms with E-state index in [0.29, 0.717) is 17.9 Å². The molecule has 0 aliphatic rings.